The van der Waals surface area contributed by atoms with E-state index in [1.54, 1.807) is 21.0 Å². The number of cyclic esters (lactones) is 2. The summed E-state index contributed by atoms with van der Waals surface area (Å²) < 4.78 is 9.31. The molecule has 0 radical (unpaired) electrons. The van der Waals surface area contributed by atoms with E-state index in [0.717, 1.165) is 0 Å². The molecular formula is C8H13NO4. The molecule has 1 aliphatic heterocycles. The van der Waals surface area contributed by atoms with Crippen LogP contribution in [0, 0.1) is 5.41 Å². The van der Waals surface area contributed by atoms with Crippen molar-refractivity contribution in [1.82, 2.24) is 4.90 Å². The first-order chi connectivity index (χ1) is 5.96. The third-order valence-corrected chi connectivity index (χ3v) is 1.94. The summed E-state index contributed by atoms with van der Waals surface area (Å²) in [6.07, 6.45) is -0.705. The molecule has 0 aromatic rings. The van der Waals surface area contributed by atoms with Gasteiger partial charge >= 0.3 is 6.16 Å². The zero-order chi connectivity index (χ0) is 10.1. The highest BCUT2D eigenvalue weighted by Crippen LogP contribution is 2.23. The van der Waals surface area contributed by atoms with Gasteiger partial charge in [-0.15, -0.1) is 0 Å². The standard InChI is InChI=1S/C8H13NO4/c1-8(6(10)9(2)3)4-12-7(11)13-5-8/h4-5H2,1-3H3. The molecule has 0 unspecified atom stereocenters. The maximum Gasteiger partial charge on any atom is 0.508 e. The van der Waals surface area contributed by atoms with Crippen LogP contribution in [0.4, 0.5) is 4.79 Å². The third kappa shape index (κ3) is 1.91. The van der Waals surface area contributed by atoms with Crippen LogP contribution in [0.1, 0.15) is 6.92 Å². The molecule has 0 saturated carbocycles. The van der Waals surface area contributed by atoms with Gasteiger partial charge in [-0.2, -0.15) is 0 Å². The van der Waals surface area contributed by atoms with E-state index >= 15 is 0 Å². The molecule has 74 valence electrons. The number of amides is 1. The van der Waals surface area contributed by atoms with Crippen LogP contribution in [-0.2, 0) is 14.3 Å². The van der Waals surface area contributed by atoms with Gasteiger partial charge in [0, 0.05) is 14.1 Å². The maximum atomic E-state index is 11.6. The van der Waals surface area contributed by atoms with Crippen molar-refractivity contribution in [2.45, 2.75) is 6.92 Å². The van der Waals surface area contributed by atoms with E-state index in [1.165, 1.54) is 4.90 Å². The van der Waals surface area contributed by atoms with E-state index < -0.39 is 11.6 Å². The van der Waals surface area contributed by atoms with Crippen molar-refractivity contribution in [2.75, 3.05) is 27.3 Å². The van der Waals surface area contributed by atoms with Crippen molar-refractivity contribution in [2.24, 2.45) is 5.41 Å². The van der Waals surface area contributed by atoms with Crippen molar-refractivity contribution in [3.8, 4) is 0 Å². The van der Waals surface area contributed by atoms with E-state index in [-0.39, 0.29) is 19.1 Å². The summed E-state index contributed by atoms with van der Waals surface area (Å²) in [6, 6.07) is 0. The average Bonchev–Trinajstić information content (AvgIpc) is 2.09. The summed E-state index contributed by atoms with van der Waals surface area (Å²) in [5, 5.41) is 0. The largest absolute Gasteiger partial charge is 0.508 e. The smallest absolute Gasteiger partial charge is 0.433 e. The summed E-state index contributed by atoms with van der Waals surface area (Å²) in [5.41, 5.74) is -0.739. The molecule has 1 amide bonds. The molecule has 5 heteroatoms. The first kappa shape index (κ1) is 9.83. The zero-order valence-electron chi connectivity index (χ0n) is 7.99. The minimum absolute atomic E-state index is 0.0862. The van der Waals surface area contributed by atoms with Crippen LogP contribution in [0.3, 0.4) is 0 Å². The monoisotopic (exact) mass is 187 g/mol. The molecule has 1 aliphatic rings. The van der Waals surface area contributed by atoms with Gasteiger partial charge in [-0.05, 0) is 6.92 Å². The van der Waals surface area contributed by atoms with Gasteiger partial charge in [0.15, 0.2) is 0 Å². The number of rotatable bonds is 1. The van der Waals surface area contributed by atoms with Crippen molar-refractivity contribution in [3.63, 3.8) is 0 Å². The second-order valence-corrected chi connectivity index (χ2v) is 3.59. The Morgan fingerprint density at radius 1 is 1.38 bits per heavy atom. The Bertz CT molecular complexity index is 226. The summed E-state index contributed by atoms with van der Waals surface area (Å²) >= 11 is 0. The van der Waals surface area contributed by atoms with Crippen molar-refractivity contribution in [1.29, 1.82) is 0 Å². The molecular weight excluding hydrogens is 174 g/mol. The van der Waals surface area contributed by atoms with Gasteiger partial charge in [0.25, 0.3) is 0 Å². The van der Waals surface area contributed by atoms with Crippen molar-refractivity contribution < 1.29 is 19.1 Å². The SMILES string of the molecule is CN(C)C(=O)C1(C)COC(=O)OC1. The normalized spacial score (nSPS) is 20.1. The number of ether oxygens (including phenoxy) is 2. The third-order valence-electron chi connectivity index (χ3n) is 1.94. The fourth-order valence-corrected chi connectivity index (χ4v) is 1.18. The van der Waals surface area contributed by atoms with E-state index in [2.05, 4.69) is 9.47 Å². The van der Waals surface area contributed by atoms with E-state index in [4.69, 9.17) is 0 Å². The van der Waals surface area contributed by atoms with E-state index in [1.807, 2.05) is 0 Å². The van der Waals surface area contributed by atoms with Crippen LogP contribution in [-0.4, -0.2) is 44.3 Å². The quantitative estimate of drug-likeness (QED) is 0.552. The lowest BCUT2D eigenvalue weighted by atomic mass is 9.91. The Kier molecular flexibility index (Phi) is 2.45. The highest BCUT2D eigenvalue weighted by atomic mass is 16.7. The fraction of sp³-hybridized carbons (Fsp3) is 0.750. The van der Waals surface area contributed by atoms with Crippen molar-refractivity contribution in [3.05, 3.63) is 0 Å². The topological polar surface area (TPSA) is 55.8 Å². The molecule has 0 aromatic carbocycles. The predicted molar refractivity (Wildman–Crippen MR) is 44.1 cm³/mol. The number of carbonyl (C=O) groups is 2. The molecule has 1 fully saturated rings. The average molecular weight is 187 g/mol. The van der Waals surface area contributed by atoms with Gasteiger partial charge in [0.05, 0.1) is 0 Å². The van der Waals surface area contributed by atoms with Gasteiger partial charge in [0.2, 0.25) is 5.91 Å². The molecule has 13 heavy (non-hydrogen) atoms. The van der Waals surface area contributed by atoms with Crippen LogP contribution in [0.5, 0.6) is 0 Å². The minimum Gasteiger partial charge on any atom is -0.433 e. The predicted octanol–water partition coefficient (Wildman–Crippen LogP) is 0.248. The number of nitrogens with zero attached hydrogens (tertiary/aromatic N) is 1. The lowest BCUT2D eigenvalue weighted by Gasteiger charge is -2.32. The first-order valence-corrected chi connectivity index (χ1v) is 3.97. The number of carbonyl (C=O) groups excluding carboxylic acids is 2. The second kappa shape index (κ2) is 3.24. The molecule has 1 rings (SSSR count). The Hall–Kier alpha value is -1.26. The van der Waals surface area contributed by atoms with Crippen LogP contribution >= 0.6 is 0 Å². The first-order valence-electron chi connectivity index (χ1n) is 3.97. The Morgan fingerprint density at radius 2 is 1.85 bits per heavy atom. The Balaban J connectivity index is 2.67. The molecule has 1 saturated heterocycles. The van der Waals surface area contributed by atoms with E-state index in [0.29, 0.717) is 0 Å². The molecule has 0 aromatic heterocycles. The molecule has 0 atom stereocenters. The minimum atomic E-state index is -0.739. The summed E-state index contributed by atoms with van der Waals surface area (Å²) in [4.78, 5) is 23.6. The molecule has 1 heterocycles. The second-order valence-electron chi connectivity index (χ2n) is 3.59. The Morgan fingerprint density at radius 3 is 2.23 bits per heavy atom. The highest BCUT2D eigenvalue weighted by Gasteiger charge is 2.41. The van der Waals surface area contributed by atoms with Crippen LogP contribution < -0.4 is 0 Å². The molecule has 0 aliphatic carbocycles. The van der Waals surface area contributed by atoms with Gasteiger partial charge < -0.3 is 14.4 Å². The molecule has 5 nitrogen and oxygen atoms in total. The number of hydrogen-bond acceptors (Lipinski definition) is 4. The molecule has 0 spiro atoms. The van der Waals surface area contributed by atoms with Gasteiger partial charge in [-0.3, -0.25) is 4.79 Å². The highest BCUT2D eigenvalue weighted by molar-refractivity contribution is 5.83. The lowest BCUT2D eigenvalue weighted by molar-refractivity contribution is -0.149. The summed E-state index contributed by atoms with van der Waals surface area (Å²) in [5.74, 6) is -0.0972. The summed E-state index contributed by atoms with van der Waals surface area (Å²) in [6.45, 7) is 1.88. The summed E-state index contributed by atoms with van der Waals surface area (Å²) in [7, 11) is 3.31. The number of hydrogen-bond donors (Lipinski definition) is 0. The van der Waals surface area contributed by atoms with Gasteiger partial charge in [-0.25, -0.2) is 4.79 Å². The van der Waals surface area contributed by atoms with Gasteiger partial charge in [-0.1, -0.05) is 0 Å². The van der Waals surface area contributed by atoms with E-state index in [9.17, 15) is 9.59 Å². The Labute approximate surface area is 76.6 Å². The maximum absolute atomic E-state index is 11.6. The van der Waals surface area contributed by atoms with Crippen LogP contribution in [0.25, 0.3) is 0 Å². The lowest BCUT2D eigenvalue weighted by Crippen LogP contribution is -2.48. The zero-order valence-corrected chi connectivity index (χ0v) is 7.99. The van der Waals surface area contributed by atoms with Crippen molar-refractivity contribution >= 4 is 12.1 Å². The van der Waals surface area contributed by atoms with Crippen LogP contribution in [0.2, 0.25) is 0 Å². The van der Waals surface area contributed by atoms with Crippen LogP contribution in [0.15, 0.2) is 0 Å². The molecule has 0 N–H and O–H groups in total. The molecule has 0 bridgehead atoms. The fourth-order valence-electron chi connectivity index (χ4n) is 1.18. The van der Waals surface area contributed by atoms with Gasteiger partial charge in [0.1, 0.15) is 18.6 Å².